The number of aromatic nitrogens is 2. The van der Waals surface area contributed by atoms with Gasteiger partial charge in [-0.2, -0.15) is 5.10 Å². The minimum atomic E-state index is -0.268. The van der Waals surface area contributed by atoms with E-state index in [0.29, 0.717) is 13.0 Å². The SMILES string of the molecule is Cc1cc(I)nn1CCCF. The lowest BCUT2D eigenvalue weighted by Gasteiger charge is -1.99. The van der Waals surface area contributed by atoms with E-state index >= 15 is 0 Å². The third kappa shape index (κ3) is 2.43. The van der Waals surface area contributed by atoms with Crippen molar-refractivity contribution in [3.63, 3.8) is 0 Å². The fourth-order valence-corrected chi connectivity index (χ4v) is 1.62. The first kappa shape index (κ1) is 8.96. The van der Waals surface area contributed by atoms with Crippen LogP contribution in [0.1, 0.15) is 12.1 Å². The molecule has 0 aromatic carbocycles. The van der Waals surface area contributed by atoms with Crippen LogP contribution < -0.4 is 0 Å². The lowest BCUT2D eigenvalue weighted by molar-refractivity contribution is 0.431. The Kier molecular flexibility index (Phi) is 3.29. The molecule has 1 aromatic rings. The molecule has 0 aliphatic heterocycles. The zero-order valence-corrected chi connectivity index (χ0v) is 8.51. The third-order valence-corrected chi connectivity index (χ3v) is 1.98. The highest BCUT2D eigenvalue weighted by molar-refractivity contribution is 14.1. The van der Waals surface area contributed by atoms with Gasteiger partial charge in [0.05, 0.1) is 6.67 Å². The van der Waals surface area contributed by atoms with Crippen molar-refractivity contribution in [1.29, 1.82) is 0 Å². The molecule has 1 aromatic heterocycles. The number of hydrogen-bond donors (Lipinski definition) is 0. The standard InChI is InChI=1S/C7H10FIN2/c1-6-5-7(9)10-11(6)4-2-3-8/h5H,2-4H2,1H3. The molecule has 2 nitrogen and oxygen atoms in total. The summed E-state index contributed by atoms with van der Waals surface area (Å²) in [6.45, 7) is 2.40. The van der Waals surface area contributed by atoms with Crippen LogP contribution >= 0.6 is 22.6 Å². The molecule has 0 aliphatic carbocycles. The van der Waals surface area contributed by atoms with E-state index in [1.54, 1.807) is 0 Å². The predicted octanol–water partition coefficient (Wildman–Crippen LogP) is 2.16. The molecule has 1 heterocycles. The average Bonchev–Trinajstić information content (AvgIpc) is 2.26. The molecule has 0 unspecified atom stereocenters. The smallest absolute Gasteiger partial charge is 0.123 e. The summed E-state index contributed by atoms with van der Waals surface area (Å²) < 4.78 is 14.6. The molecular weight excluding hydrogens is 258 g/mol. The van der Waals surface area contributed by atoms with Gasteiger partial charge in [0, 0.05) is 12.2 Å². The summed E-state index contributed by atoms with van der Waals surface area (Å²) >= 11 is 2.15. The van der Waals surface area contributed by atoms with Crippen molar-refractivity contribution in [3.05, 3.63) is 15.5 Å². The first-order valence-electron chi connectivity index (χ1n) is 3.50. The second kappa shape index (κ2) is 4.04. The summed E-state index contributed by atoms with van der Waals surface area (Å²) in [5.74, 6) is 0. The maximum Gasteiger partial charge on any atom is 0.123 e. The van der Waals surface area contributed by atoms with Gasteiger partial charge in [-0.3, -0.25) is 9.07 Å². The molecule has 0 amide bonds. The van der Waals surface area contributed by atoms with Gasteiger partial charge in [-0.15, -0.1) is 0 Å². The lowest BCUT2D eigenvalue weighted by atomic mass is 10.4. The van der Waals surface area contributed by atoms with Crippen molar-refractivity contribution in [2.75, 3.05) is 6.67 Å². The molecule has 0 aliphatic rings. The predicted molar refractivity (Wildman–Crippen MR) is 50.3 cm³/mol. The second-order valence-corrected chi connectivity index (χ2v) is 3.48. The highest BCUT2D eigenvalue weighted by atomic mass is 127. The van der Waals surface area contributed by atoms with Gasteiger partial charge in [-0.1, -0.05) is 0 Å². The Morgan fingerprint density at radius 3 is 2.91 bits per heavy atom. The van der Waals surface area contributed by atoms with Crippen LogP contribution in [0.15, 0.2) is 6.07 Å². The number of alkyl halides is 1. The van der Waals surface area contributed by atoms with E-state index in [0.717, 1.165) is 9.39 Å². The van der Waals surface area contributed by atoms with E-state index in [1.807, 2.05) is 17.7 Å². The van der Waals surface area contributed by atoms with Crippen molar-refractivity contribution in [1.82, 2.24) is 9.78 Å². The molecule has 11 heavy (non-hydrogen) atoms. The molecule has 0 spiro atoms. The first-order valence-corrected chi connectivity index (χ1v) is 4.58. The second-order valence-electron chi connectivity index (χ2n) is 2.37. The Bertz CT molecular complexity index is 234. The molecule has 0 radical (unpaired) electrons. The Morgan fingerprint density at radius 2 is 2.45 bits per heavy atom. The van der Waals surface area contributed by atoms with Crippen LogP contribution in [0, 0.1) is 10.6 Å². The van der Waals surface area contributed by atoms with Crippen LogP contribution in [0.5, 0.6) is 0 Å². The Labute approximate surface area is 78.9 Å². The molecule has 4 heteroatoms. The van der Waals surface area contributed by atoms with E-state index in [2.05, 4.69) is 27.7 Å². The normalized spacial score (nSPS) is 10.5. The van der Waals surface area contributed by atoms with E-state index in [-0.39, 0.29) is 6.67 Å². The van der Waals surface area contributed by atoms with Crippen molar-refractivity contribution in [2.45, 2.75) is 19.9 Å². The molecule has 0 saturated carbocycles. The van der Waals surface area contributed by atoms with Crippen molar-refractivity contribution >= 4 is 22.6 Å². The summed E-state index contributed by atoms with van der Waals surface area (Å²) in [5, 5.41) is 4.18. The first-order chi connectivity index (χ1) is 5.24. The van der Waals surface area contributed by atoms with Crippen molar-refractivity contribution < 1.29 is 4.39 Å². The zero-order valence-electron chi connectivity index (χ0n) is 6.35. The number of rotatable bonds is 3. The minimum absolute atomic E-state index is 0.268. The van der Waals surface area contributed by atoms with Crippen molar-refractivity contribution in [3.8, 4) is 0 Å². The van der Waals surface area contributed by atoms with Gasteiger partial charge in [0.25, 0.3) is 0 Å². The fraction of sp³-hybridized carbons (Fsp3) is 0.571. The van der Waals surface area contributed by atoms with Gasteiger partial charge in [-0.25, -0.2) is 0 Å². The van der Waals surface area contributed by atoms with Crippen LogP contribution in [0.4, 0.5) is 4.39 Å². The zero-order chi connectivity index (χ0) is 8.27. The van der Waals surface area contributed by atoms with E-state index in [1.165, 1.54) is 0 Å². The van der Waals surface area contributed by atoms with Crippen molar-refractivity contribution in [2.24, 2.45) is 0 Å². The Balaban J connectivity index is 2.62. The van der Waals surface area contributed by atoms with Crippen LogP contribution in [0.2, 0.25) is 0 Å². The topological polar surface area (TPSA) is 17.8 Å². The van der Waals surface area contributed by atoms with Gasteiger partial charge < -0.3 is 0 Å². The quantitative estimate of drug-likeness (QED) is 0.768. The van der Waals surface area contributed by atoms with E-state index in [9.17, 15) is 4.39 Å². The van der Waals surface area contributed by atoms with Gasteiger partial charge in [0.2, 0.25) is 0 Å². The van der Waals surface area contributed by atoms with Gasteiger partial charge in [-0.05, 0) is 42.0 Å². The molecule has 0 fully saturated rings. The number of nitrogens with zero attached hydrogens (tertiary/aromatic N) is 2. The van der Waals surface area contributed by atoms with Crippen LogP contribution in [-0.4, -0.2) is 16.5 Å². The maximum atomic E-state index is 11.8. The molecule has 1 rings (SSSR count). The molecular formula is C7H10FIN2. The summed E-state index contributed by atoms with van der Waals surface area (Å²) in [5.41, 5.74) is 1.10. The maximum absolute atomic E-state index is 11.8. The largest absolute Gasteiger partial charge is 0.269 e. The molecule has 0 atom stereocenters. The lowest BCUT2D eigenvalue weighted by Crippen LogP contribution is -2.02. The van der Waals surface area contributed by atoms with Gasteiger partial charge >= 0.3 is 0 Å². The van der Waals surface area contributed by atoms with Crippen LogP contribution in [0.3, 0.4) is 0 Å². The molecule has 0 N–H and O–H groups in total. The summed E-state index contributed by atoms with van der Waals surface area (Å²) in [6.07, 6.45) is 0.554. The number of hydrogen-bond acceptors (Lipinski definition) is 1. The Hall–Kier alpha value is -0.130. The molecule has 62 valence electrons. The van der Waals surface area contributed by atoms with Crippen LogP contribution in [0.25, 0.3) is 0 Å². The average molecular weight is 268 g/mol. The van der Waals surface area contributed by atoms with E-state index in [4.69, 9.17) is 0 Å². The number of aryl methyl sites for hydroxylation is 2. The summed E-state index contributed by atoms with van der Waals surface area (Å²) in [7, 11) is 0. The number of halogens is 2. The van der Waals surface area contributed by atoms with Gasteiger partial charge in [0.1, 0.15) is 3.70 Å². The fourth-order valence-electron chi connectivity index (χ4n) is 0.906. The highest BCUT2D eigenvalue weighted by Gasteiger charge is 1.99. The van der Waals surface area contributed by atoms with Crippen LogP contribution in [-0.2, 0) is 6.54 Å². The summed E-state index contributed by atoms with van der Waals surface area (Å²) in [4.78, 5) is 0. The molecule has 0 bridgehead atoms. The summed E-state index contributed by atoms with van der Waals surface area (Å²) in [6, 6.07) is 1.98. The molecule has 0 saturated heterocycles. The van der Waals surface area contributed by atoms with Gasteiger partial charge in [0.15, 0.2) is 0 Å². The monoisotopic (exact) mass is 268 g/mol. The highest BCUT2D eigenvalue weighted by Crippen LogP contribution is 2.06. The van der Waals surface area contributed by atoms with E-state index < -0.39 is 0 Å². The Morgan fingerprint density at radius 1 is 1.73 bits per heavy atom. The minimum Gasteiger partial charge on any atom is -0.269 e. The third-order valence-electron chi connectivity index (χ3n) is 1.45.